The number of hydrogen-bond donors (Lipinski definition) is 3. The van der Waals surface area contributed by atoms with Crippen molar-refractivity contribution in [2.45, 2.75) is 71.1 Å². The fourth-order valence-electron chi connectivity index (χ4n) is 5.33. The fraction of sp³-hybridized carbons (Fsp3) is 0.375. The first-order chi connectivity index (χ1) is 20.1. The number of aryl methyl sites for hydroxylation is 3. The van der Waals surface area contributed by atoms with Crippen LogP contribution >= 0.6 is 0 Å². The Labute approximate surface area is 245 Å². The Morgan fingerprint density at radius 2 is 1.93 bits per heavy atom. The summed E-state index contributed by atoms with van der Waals surface area (Å²) in [6.07, 6.45) is 6.23. The highest BCUT2D eigenvalue weighted by Gasteiger charge is 2.31. The number of aromatic nitrogens is 4. The van der Waals surface area contributed by atoms with E-state index in [9.17, 15) is 14.7 Å². The van der Waals surface area contributed by atoms with Crippen LogP contribution in [0.4, 0.5) is 5.82 Å². The van der Waals surface area contributed by atoms with Gasteiger partial charge in [0.1, 0.15) is 5.82 Å². The molecule has 4 aromatic rings. The number of aliphatic carboxylic acids is 1. The van der Waals surface area contributed by atoms with Gasteiger partial charge in [-0.05, 0) is 75.1 Å². The van der Waals surface area contributed by atoms with E-state index in [4.69, 9.17) is 20.6 Å². The number of amides is 1. The van der Waals surface area contributed by atoms with Crippen molar-refractivity contribution in [2.75, 3.05) is 11.9 Å². The monoisotopic (exact) mass is 570 g/mol. The lowest BCUT2D eigenvalue weighted by atomic mass is 9.89. The third-order valence-corrected chi connectivity index (χ3v) is 7.39. The van der Waals surface area contributed by atoms with Gasteiger partial charge in [0.25, 0.3) is 5.91 Å². The van der Waals surface area contributed by atoms with E-state index in [-0.39, 0.29) is 18.6 Å². The summed E-state index contributed by atoms with van der Waals surface area (Å²) in [5.41, 5.74) is 10.3. The van der Waals surface area contributed by atoms with E-state index in [1.807, 2.05) is 80.2 Å². The summed E-state index contributed by atoms with van der Waals surface area (Å²) in [6.45, 7) is 7.21. The number of carbonyl (C=O) groups is 2. The van der Waals surface area contributed by atoms with Gasteiger partial charge >= 0.3 is 5.97 Å². The molecule has 10 nitrogen and oxygen atoms in total. The highest BCUT2D eigenvalue weighted by atomic mass is 16.5. The Bertz CT molecular complexity index is 1570. The molecule has 4 heterocycles. The summed E-state index contributed by atoms with van der Waals surface area (Å²) in [5, 5.41) is 18.2. The van der Waals surface area contributed by atoms with Crippen LogP contribution < -0.4 is 11.1 Å². The fourth-order valence-corrected chi connectivity index (χ4v) is 5.33. The number of ether oxygens (including phenoxy) is 1. The minimum atomic E-state index is -1.01. The van der Waals surface area contributed by atoms with Gasteiger partial charge in [0.05, 0.1) is 35.6 Å². The highest BCUT2D eigenvalue weighted by Crippen LogP contribution is 2.33. The number of anilines is 1. The van der Waals surface area contributed by atoms with Crippen LogP contribution in [0.1, 0.15) is 78.1 Å². The maximum Gasteiger partial charge on any atom is 0.304 e. The lowest BCUT2D eigenvalue weighted by Gasteiger charge is -2.20. The zero-order chi connectivity index (χ0) is 29.9. The number of carboxylic acid groups (broad SMARTS) is 1. The van der Waals surface area contributed by atoms with Crippen molar-refractivity contribution in [1.82, 2.24) is 19.3 Å². The number of nitrogens with one attached hydrogen (secondary N) is 1. The van der Waals surface area contributed by atoms with Crippen molar-refractivity contribution in [1.29, 1.82) is 0 Å². The Kier molecular flexibility index (Phi) is 8.44. The van der Waals surface area contributed by atoms with Crippen LogP contribution in [0.15, 0.2) is 60.9 Å². The van der Waals surface area contributed by atoms with Crippen LogP contribution in [0.25, 0.3) is 5.69 Å². The van der Waals surface area contributed by atoms with Crippen LogP contribution in [0.3, 0.4) is 0 Å². The number of rotatable bonds is 11. The molecule has 42 heavy (non-hydrogen) atoms. The average Bonchev–Trinajstić information content (AvgIpc) is 3.62. The summed E-state index contributed by atoms with van der Waals surface area (Å²) < 4.78 is 9.79. The molecule has 10 heteroatoms. The molecule has 0 saturated heterocycles. The highest BCUT2D eigenvalue weighted by molar-refractivity contribution is 5.95. The van der Waals surface area contributed by atoms with Gasteiger partial charge in [-0.25, -0.2) is 4.98 Å². The molecular weight excluding hydrogens is 532 g/mol. The minimum Gasteiger partial charge on any atom is -0.481 e. The molecule has 220 valence electrons. The molecular formula is C32H38N6O4. The third-order valence-electron chi connectivity index (χ3n) is 7.39. The molecule has 0 aliphatic carbocycles. The first-order valence-electron chi connectivity index (χ1n) is 14.3. The molecule has 0 bridgehead atoms. The largest absolute Gasteiger partial charge is 0.481 e. The Morgan fingerprint density at radius 3 is 2.64 bits per heavy atom. The number of fused-ring (bicyclic) bond motifs is 1. The Hall–Kier alpha value is -4.44. The molecule has 0 saturated carbocycles. The van der Waals surface area contributed by atoms with Crippen LogP contribution in [0.2, 0.25) is 0 Å². The van der Waals surface area contributed by atoms with E-state index in [0.717, 1.165) is 42.1 Å². The SMILES string of the molecule is CC(C)(C)OCc1c(C(N)=O)c(C(CC(=O)O)c2cccc(-n3cccc3)c2)nn1CCc1ccc2c(n1)NCCC2. The van der Waals surface area contributed by atoms with Gasteiger partial charge in [-0.15, -0.1) is 0 Å². The zero-order valence-corrected chi connectivity index (χ0v) is 24.3. The molecule has 5 rings (SSSR count). The molecule has 1 aromatic carbocycles. The standard InChI is InChI=1S/C32H38N6O4/c1-32(2,3)42-20-26-28(30(33)41)29(36-38(26)17-13-23-12-11-21-9-7-14-34-31(21)35-23)25(19-27(39)40)22-8-6-10-24(18-22)37-15-4-5-16-37/h4-6,8,10-12,15-16,18,25H,7,9,13-14,17,19-20H2,1-3H3,(H2,33,41)(H,34,35)(H,39,40). The van der Waals surface area contributed by atoms with Crippen molar-refractivity contribution in [3.63, 3.8) is 0 Å². The van der Waals surface area contributed by atoms with Gasteiger partial charge in [0, 0.05) is 49.2 Å². The number of nitrogens with two attached hydrogens (primary N) is 1. The molecule has 1 aliphatic rings. The van der Waals surface area contributed by atoms with E-state index < -0.39 is 23.4 Å². The molecule has 0 fully saturated rings. The second kappa shape index (κ2) is 12.2. The van der Waals surface area contributed by atoms with Crippen LogP contribution in [-0.2, 0) is 35.5 Å². The van der Waals surface area contributed by atoms with Crippen molar-refractivity contribution in [3.8, 4) is 5.69 Å². The first-order valence-corrected chi connectivity index (χ1v) is 14.3. The number of carbonyl (C=O) groups excluding carboxylic acids is 1. The van der Waals surface area contributed by atoms with Gasteiger partial charge in [-0.2, -0.15) is 5.10 Å². The second-order valence-electron chi connectivity index (χ2n) is 11.6. The number of nitrogens with zero attached hydrogens (tertiary/aromatic N) is 4. The Morgan fingerprint density at radius 1 is 1.14 bits per heavy atom. The average molecular weight is 571 g/mol. The molecule has 0 radical (unpaired) electrons. The van der Waals surface area contributed by atoms with Gasteiger partial charge in [0.2, 0.25) is 0 Å². The number of primary amides is 1. The molecule has 4 N–H and O–H groups in total. The molecule has 0 spiro atoms. The quantitative estimate of drug-likeness (QED) is 0.238. The topological polar surface area (TPSA) is 137 Å². The van der Waals surface area contributed by atoms with Crippen molar-refractivity contribution >= 4 is 17.7 Å². The van der Waals surface area contributed by atoms with Crippen molar-refractivity contribution in [3.05, 3.63) is 94.7 Å². The predicted octanol–water partition coefficient (Wildman–Crippen LogP) is 4.69. The molecule has 1 atom stereocenters. The van der Waals surface area contributed by atoms with Gasteiger partial charge in [-0.1, -0.05) is 18.2 Å². The van der Waals surface area contributed by atoms with Gasteiger partial charge in [0.15, 0.2) is 0 Å². The van der Waals surface area contributed by atoms with Gasteiger partial charge in [-0.3, -0.25) is 14.3 Å². The molecule has 1 aliphatic heterocycles. The van der Waals surface area contributed by atoms with Crippen LogP contribution in [0.5, 0.6) is 0 Å². The second-order valence-corrected chi connectivity index (χ2v) is 11.6. The lowest BCUT2D eigenvalue weighted by molar-refractivity contribution is -0.137. The number of benzene rings is 1. The molecule has 3 aromatic heterocycles. The summed E-state index contributed by atoms with van der Waals surface area (Å²) in [6, 6.07) is 15.6. The molecule has 1 unspecified atom stereocenters. The van der Waals surface area contributed by atoms with E-state index in [1.165, 1.54) is 5.56 Å². The normalized spacial score (nSPS) is 13.8. The van der Waals surface area contributed by atoms with E-state index >= 15 is 0 Å². The summed E-state index contributed by atoms with van der Waals surface area (Å²) in [7, 11) is 0. The summed E-state index contributed by atoms with van der Waals surface area (Å²) in [4.78, 5) is 30.0. The van der Waals surface area contributed by atoms with E-state index in [0.29, 0.717) is 24.4 Å². The minimum absolute atomic E-state index is 0.0944. The maximum atomic E-state index is 13.0. The van der Waals surface area contributed by atoms with Gasteiger partial charge < -0.3 is 25.5 Å². The van der Waals surface area contributed by atoms with Crippen molar-refractivity contribution < 1.29 is 19.4 Å². The number of pyridine rings is 1. The van der Waals surface area contributed by atoms with Crippen molar-refractivity contribution in [2.24, 2.45) is 5.73 Å². The first kappa shape index (κ1) is 29.1. The van der Waals surface area contributed by atoms with E-state index in [1.54, 1.807) is 4.68 Å². The maximum absolute atomic E-state index is 13.0. The molecule has 1 amide bonds. The summed E-state index contributed by atoms with van der Waals surface area (Å²) in [5.74, 6) is -1.47. The zero-order valence-electron chi connectivity index (χ0n) is 24.3. The summed E-state index contributed by atoms with van der Waals surface area (Å²) >= 11 is 0. The Balaban J connectivity index is 1.56. The predicted molar refractivity (Wildman–Crippen MR) is 160 cm³/mol. The van der Waals surface area contributed by atoms with Crippen LogP contribution in [-0.4, -0.2) is 48.5 Å². The van der Waals surface area contributed by atoms with Crippen LogP contribution in [0, 0.1) is 0 Å². The number of carboxylic acids is 1. The van der Waals surface area contributed by atoms with E-state index in [2.05, 4.69) is 11.4 Å². The number of hydrogen-bond acceptors (Lipinski definition) is 6. The smallest absolute Gasteiger partial charge is 0.304 e. The lowest BCUT2D eigenvalue weighted by Crippen LogP contribution is -2.23. The third kappa shape index (κ3) is 6.71.